The van der Waals surface area contributed by atoms with Crippen molar-refractivity contribution < 1.29 is 14.3 Å². The lowest BCUT2D eigenvalue weighted by Gasteiger charge is -2.30. The van der Waals surface area contributed by atoms with Gasteiger partial charge in [0.05, 0.1) is 5.56 Å². The zero-order chi connectivity index (χ0) is 21.5. The fourth-order valence-corrected chi connectivity index (χ4v) is 4.37. The van der Waals surface area contributed by atoms with Gasteiger partial charge in [0.2, 0.25) is 5.78 Å². The smallest absolute Gasteiger partial charge is 0.231 e. The fourth-order valence-electron chi connectivity index (χ4n) is 3.90. The van der Waals surface area contributed by atoms with Gasteiger partial charge < -0.3 is 9.47 Å². The second-order valence-electron chi connectivity index (χ2n) is 7.58. The van der Waals surface area contributed by atoms with Crippen LogP contribution in [-0.2, 0) is 13.1 Å². The van der Waals surface area contributed by atoms with Crippen molar-refractivity contribution >= 4 is 35.1 Å². The number of ketones is 1. The molecule has 0 fully saturated rings. The fraction of sp³-hybridized carbons (Fsp3) is 0.167. The Kier molecular flexibility index (Phi) is 5.18. The molecule has 0 amide bonds. The van der Waals surface area contributed by atoms with Crippen molar-refractivity contribution in [2.24, 2.45) is 0 Å². The summed E-state index contributed by atoms with van der Waals surface area (Å²) in [7, 11) is 0. The molecule has 0 saturated carbocycles. The minimum absolute atomic E-state index is 0.129. The Morgan fingerprint density at radius 2 is 1.94 bits per heavy atom. The Bertz CT molecular complexity index is 1230. The van der Waals surface area contributed by atoms with E-state index in [0.717, 1.165) is 28.0 Å². The van der Waals surface area contributed by atoms with Crippen LogP contribution in [0.15, 0.2) is 54.6 Å². The molecule has 7 heteroatoms. The predicted octanol–water partition coefficient (Wildman–Crippen LogP) is 5.67. The van der Waals surface area contributed by atoms with Crippen LogP contribution in [0.1, 0.15) is 32.6 Å². The van der Waals surface area contributed by atoms with Gasteiger partial charge in [-0.15, -0.1) is 0 Å². The maximum Gasteiger partial charge on any atom is 0.231 e. The van der Waals surface area contributed by atoms with E-state index < -0.39 is 0 Å². The molecule has 31 heavy (non-hydrogen) atoms. The molecule has 5 rings (SSSR count). The molecule has 0 radical (unpaired) electrons. The van der Waals surface area contributed by atoms with E-state index in [1.165, 1.54) is 0 Å². The number of allylic oxidation sites excluding steroid dienone is 1. The molecule has 0 unspecified atom stereocenters. The molecule has 0 bridgehead atoms. The minimum Gasteiger partial charge on any atom is -0.477 e. The third-order valence-electron chi connectivity index (χ3n) is 5.41. The van der Waals surface area contributed by atoms with Crippen LogP contribution >= 0.6 is 23.2 Å². The maximum atomic E-state index is 13.0. The summed E-state index contributed by atoms with van der Waals surface area (Å²) in [6.07, 6.45) is 5.09. The first-order valence-corrected chi connectivity index (χ1v) is 10.5. The third kappa shape index (κ3) is 3.81. The molecule has 2 aromatic carbocycles. The average Bonchev–Trinajstić information content (AvgIpc) is 3.07. The van der Waals surface area contributed by atoms with Crippen LogP contribution in [-0.4, -0.2) is 22.4 Å². The van der Waals surface area contributed by atoms with Crippen molar-refractivity contribution in [3.8, 4) is 11.5 Å². The van der Waals surface area contributed by atoms with E-state index in [9.17, 15) is 4.79 Å². The molecule has 156 valence electrons. The van der Waals surface area contributed by atoms with Crippen LogP contribution in [0, 0.1) is 6.92 Å². The summed E-state index contributed by atoms with van der Waals surface area (Å²) >= 11 is 12.3. The number of carbonyl (C=O) groups excluding carboxylic acids is 1. The zero-order valence-corrected chi connectivity index (χ0v) is 18.2. The number of hydrogen-bond donors (Lipinski definition) is 0. The molecular formula is C24H18Cl2N2O3. The number of Topliss-reactive ketones (excluding diaryl/α,β-unsaturated/α-hetero) is 1. The molecule has 3 aromatic rings. The van der Waals surface area contributed by atoms with E-state index in [4.69, 9.17) is 32.7 Å². The summed E-state index contributed by atoms with van der Waals surface area (Å²) in [5, 5.41) is 1.23. The Morgan fingerprint density at radius 1 is 1.13 bits per heavy atom. The van der Waals surface area contributed by atoms with Gasteiger partial charge in [-0.05, 0) is 54.5 Å². The van der Waals surface area contributed by atoms with E-state index >= 15 is 0 Å². The van der Waals surface area contributed by atoms with Crippen LogP contribution in [0.5, 0.6) is 11.5 Å². The van der Waals surface area contributed by atoms with Crippen molar-refractivity contribution in [3.05, 3.63) is 92.4 Å². The molecule has 3 heterocycles. The zero-order valence-electron chi connectivity index (χ0n) is 16.7. The highest BCUT2D eigenvalue weighted by atomic mass is 35.5. The van der Waals surface area contributed by atoms with E-state index in [0.29, 0.717) is 46.9 Å². The second kappa shape index (κ2) is 8.00. The first kappa shape index (κ1) is 20.1. The highest BCUT2D eigenvalue weighted by molar-refractivity contribution is 6.35. The van der Waals surface area contributed by atoms with Crippen molar-refractivity contribution in [1.82, 2.24) is 9.88 Å². The largest absolute Gasteiger partial charge is 0.477 e. The average molecular weight is 453 g/mol. The van der Waals surface area contributed by atoms with Gasteiger partial charge in [0, 0.05) is 46.7 Å². The number of aromatic nitrogens is 1. The lowest BCUT2D eigenvalue weighted by molar-refractivity contribution is 0.0877. The minimum atomic E-state index is -0.129. The van der Waals surface area contributed by atoms with Crippen molar-refractivity contribution in [2.45, 2.75) is 20.0 Å². The van der Waals surface area contributed by atoms with Crippen molar-refractivity contribution in [2.75, 3.05) is 6.73 Å². The first-order chi connectivity index (χ1) is 15.0. The van der Waals surface area contributed by atoms with E-state index in [1.807, 2.05) is 37.3 Å². The van der Waals surface area contributed by atoms with Gasteiger partial charge in [0.15, 0.2) is 5.76 Å². The lowest BCUT2D eigenvalue weighted by Crippen LogP contribution is -2.32. The third-order valence-corrected chi connectivity index (χ3v) is 6.00. The van der Waals surface area contributed by atoms with Crippen LogP contribution in [0.3, 0.4) is 0 Å². The quantitative estimate of drug-likeness (QED) is 0.479. The van der Waals surface area contributed by atoms with Gasteiger partial charge in [-0.3, -0.25) is 14.7 Å². The second-order valence-corrected chi connectivity index (χ2v) is 8.43. The van der Waals surface area contributed by atoms with Gasteiger partial charge in [-0.1, -0.05) is 29.3 Å². The Balaban J connectivity index is 1.42. The summed E-state index contributed by atoms with van der Waals surface area (Å²) in [6, 6.07) is 11.0. The number of pyridine rings is 1. The topological polar surface area (TPSA) is 51.7 Å². The molecule has 0 atom stereocenters. The number of rotatable bonds is 3. The maximum absolute atomic E-state index is 13.0. The predicted molar refractivity (Wildman–Crippen MR) is 120 cm³/mol. The molecule has 2 aliphatic heterocycles. The first-order valence-electron chi connectivity index (χ1n) is 9.79. The summed E-state index contributed by atoms with van der Waals surface area (Å²) in [4.78, 5) is 19.1. The number of halogens is 2. The van der Waals surface area contributed by atoms with Gasteiger partial charge in [0.1, 0.15) is 18.2 Å². The molecule has 0 spiro atoms. The highest BCUT2D eigenvalue weighted by Crippen LogP contribution is 2.43. The molecule has 2 aliphatic rings. The number of fused-ring (bicyclic) bond motifs is 2. The standard InChI is InChI=1S/C24H18Cl2N2O3/c1-14-23-17(12-28(13-30-23)11-16-2-3-18(25)10-20(16)26)9-19-22(29)21(31-24(14)19)8-15-4-6-27-7-5-15/h2-10H,11-13H2,1H3/b21-8-. The molecule has 1 aromatic heterocycles. The number of nitrogens with zero attached hydrogens (tertiary/aromatic N) is 2. The van der Waals surface area contributed by atoms with E-state index in [1.54, 1.807) is 24.5 Å². The number of hydrogen-bond acceptors (Lipinski definition) is 5. The van der Waals surface area contributed by atoms with Crippen LogP contribution in [0.2, 0.25) is 10.0 Å². The number of carbonyl (C=O) groups is 1. The summed E-state index contributed by atoms with van der Waals surface area (Å²) in [5.41, 5.74) is 4.18. The molecule has 0 N–H and O–H groups in total. The van der Waals surface area contributed by atoms with Gasteiger partial charge in [-0.25, -0.2) is 0 Å². The normalized spacial score (nSPS) is 16.6. The van der Waals surface area contributed by atoms with Gasteiger partial charge in [-0.2, -0.15) is 0 Å². The summed E-state index contributed by atoms with van der Waals surface area (Å²) in [6.45, 7) is 3.59. The number of benzene rings is 2. The molecule has 0 aliphatic carbocycles. The summed E-state index contributed by atoms with van der Waals surface area (Å²) in [5.74, 6) is 1.51. The number of ether oxygens (including phenoxy) is 2. The SMILES string of the molecule is Cc1c2c(cc3c1O/C(=C\c1ccncc1)C3=O)CN(Cc1ccc(Cl)cc1Cl)CO2. The lowest BCUT2D eigenvalue weighted by atomic mass is 10.00. The Morgan fingerprint density at radius 3 is 2.71 bits per heavy atom. The molecule has 5 nitrogen and oxygen atoms in total. The molecular weight excluding hydrogens is 435 g/mol. The monoisotopic (exact) mass is 452 g/mol. The van der Waals surface area contributed by atoms with E-state index in [-0.39, 0.29) is 5.78 Å². The van der Waals surface area contributed by atoms with Gasteiger partial charge >= 0.3 is 0 Å². The molecule has 0 saturated heterocycles. The van der Waals surface area contributed by atoms with Crippen molar-refractivity contribution in [3.63, 3.8) is 0 Å². The van der Waals surface area contributed by atoms with E-state index in [2.05, 4.69) is 9.88 Å². The van der Waals surface area contributed by atoms with Crippen LogP contribution in [0.4, 0.5) is 0 Å². The van der Waals surface area contributed by atoms with Crippen LogP contribution < -0.4 is 9.47 Å². The summed E-state index contributed by atoms with van der Waals surface area (Å²) < 4.78 is 12.0. The van der Waals surface area contributed by atoms with Crippen LogP contribution in [0.25, 0.3) is 6.08 Å². The van der Waals surface area contributed by atoms with Crippen molar-refractivity contribution in [1.29, 1.82) is 0 Å². The Labute approximate surface area is 189 Å². The Hall–Kier alpha value is -2.86. The highest BCUT2D eigenvalue weighted by Gasteiger charge is 2.33. The van der Waals surface area contributed by atoms with Gasteiger partial charge in [0.25, 0.3) is 0 Å².